The van der Waals surface area contributed by atoms with Crippen LogP contribution in [0, 0.1) is 30.7 Å². The van der Waals surface area contributed by atoms with Gasteiger partial charge in [0.05, 0.1) is 0 Å². The van der Waals surface area contributed by atoms with Gasteiger partial charge < -0.3 is 2.85 Å². The van der Waals surface area contributed by atoms with Crippen molar-refractivity contribution >= 4 is 54.6 Å². The first-order chi connectivity index (χ1) is 1.73. The maximum atomic E-state index is 5.02. The normalized spacial score (nSPS) is 5.40. The summed E-state index contributed by atoms with van der Waals surface area (Å²) >= 11 is -2.24. The Morgan fingerprint density at radius 2 is 1.20 bits per heavy atom. The van der Waals surface area contributed by atoms with Gasteiger partial charge in [-0.1, -0.05) is 0 Å². The molecule has 0 radical (unpaired) electrons. The molecule has 0 amide bonds. The van der Waals surface area contributed by atoms with Crippen LogP contribution in [0.1, 0.15) is 2.85 Å². The van der Waals surface area contributed by atoms with Gasteiger partial charge in [0.2, 0.25) is 0 Å². The molecule has 29 valence electrons. The third kappa shape index (κ3) is 18.5. The van der Waals surface area contributed by atoms with Gasteiger partial charge >= 0.3 is 85.3 Å². The molecule has 0 fully saturated rings. The van der Waals surface area contributed by atoms with Crippen molar-refractivity contribution in [3.63, 3.8) is 0 Å². The molecule has 0 aliphatic heterocycles. The summed E-state index contributed by atoms with van der Waals surface area (Å²) in [6.45, 7) is 0. The predicted octanol–water partition coefficient (Wildman–Crippen LogP) is 1.91. The van der Waals surface area contributed by atoms with Crippen molar-refractivity contribution in [2.45, 2.75) is 0 Å². The third-order valence-corrected chi connectivity index (χ3v) is 0. The Hall–Kier alpha value is 3.51. The van der Waals surface area contributed by atoms with Gasteiger partial charge in [-0.3, -0.25) is 0 Å². The van der Waals surface area contributed by atoms with Crippen LogP contribution >= 0.6 is 16.9 Å². The minimum Gasteiger partial charge on any atom is -1.00 e. The van der Waals surface area contributed by atoms with Crippen molar-refractivity contribution in [1.82, 2.24) is 0 Å². The first-order valence-corrected chi connectivity index (χ1v) is 12.4. The van der Waals surface area contributed by atoms with Crippen LogP contribution < -0.4 is 0 Å². The summed E-state index contributed by atoms with van der Waals surface area (Å²) in [6, 6.07) is 0. The van der Waals surface area contributed by atoms with E-state index in [9.17, 15) is 0 Å². The Morgan fingerprint density at radius 1 is 1.20 bits per heavy atom. The zero-order chi connectivity index (χ0) is 3.58. The molecule has 0 heterocycles. The van der Waals surface area contributed by atoms with Gasteiger partial charge in [0, 0.05) is 0 Å². The average molecular weight is 289 g/mol. The van der Waals surface area contributed by atoms with Gasteiger partial charge in [-0.05, 0) is 0 Å². The molecular weight excluding hydrogens is 287 g/mol. The molecule has 0 aromatic heterocycles. The molecular formula is H2CaCeCl3. The van der Waals surface area contributed by atoms with Crippen LogP contribution in [-0.2, 0) is 0 Å². The third-order valence-electron chi connectivity index (χ3n) is 0. The van der Waals surface area contributed by atoms with E-state index in [1.165, 1.54) is 0 Å². The molecule has 0 aliphatic rings. The zero-order valence-electron chi connectivity index (χ0n) is 4.34. The van der Waals surface area contributed by atoms with Crippen molar-refractivity contribution in [2.75, 3.05) is 0 Å². The SMILES string of the molecule is [Ca+2].[Cl][Ce]([Cl])[Cl].[H-].[H-]. The summed E-state index contributed by atoms with van der Waals surface area (Å²) < 4.78 is 0. The molecule has 0 saturated carbocycles. The van der Waals surface area contributed by atoms with Crippen LogP contribution in [0.3, 0.4) is 0 Å². The quantitative estimate of drug-likeness (QED) is 0.598. The molecule has 0 atom stereocenters. The number of hydrogen-bond donors (Lipinski definition) is 0. The predicted molar refractivity (Wildman–Crippen MR) is 25.5 cm³/mol. The van der Waals surface area contributed by atoms with Gasteiger partial charge in [0.1, 0.15) is 0 Å². The molecule has 0 aromatic rings. The van der Waals surface area contributed by atoms with E-state index in [4.69, 9.17) is 16.9 Å². The first-order valence-electron chi connectivity index (χ1n) is 0.567. The fraction of sp³-hybridized carbons (Fsp3) is 0. The van der Waals surface area contributed by atoms with Crippen LogP contribution in [-0.4, -0.2) is 37.7 Å². The summed E-state index contributed by atoms with van der Waals surface area (Å²) in [4.78, 5) is 0. The van der Waals surface area contributed by atoms with Crippen molar-refractivity contribution in [3.05, 3.63) is 0 Å². The minimum absolute atomic E-state index is 0. The monoisotopic (exact) mass is 287 g/mol. The number of hydrogen-bond acceptors (Lipinski definition) is 0. The van der Waals surface area contributed by atoms with Crippen LogP contribution in [0.5, 0.6) is 0 Å². The fourth-order valence-corrected chi connectivity index (χ4v) is 0. The van der Waals surface area contributed by atoms with E-state index in [2.05, 4.69) is 0 Å². The van der Waals surface area contributed by atoms with Crippen LogP contribution in [0.25, 0.3) is 0 Å². The molecule has 0 unspecified atom stereocenters. The summed E-state index contributed by atoms with van der Waals surface area (Å²) in [5, 5.41) is 0. The molecule has 0 rings (SSSR count). The second-order valence-corrected chi connectivity index (χ2v) is 14.0. The van der Waals surface area contributed by atoms with Crippen LogP contribution in [0.15, 0.2) is 0 Å². The topological polar surface area (TPSA) is 0 Å². The van der Waals surface area contributed by atoms with E-state index in [0.717, 1.165) is 0 Å². The maximum Gasteiger partial charge on any atom is -1.00 e. The van der Waals surface area contributed by atoms with Crippen LogP contribution in [0.4, 0.5) is 0 Å². The second-order valence-electron chi connectivity index (χ2n) is 0.214. The standard InChI is InChI=1S/Ca.Ce.3ClH.2H/h;;3*1H;;/q+2;+3;;;;2*-1/p-3. The number of rotatable bonds is 0. The molecule has 0 saturated heterocycles. The Bertz CT molecular complexity index is 17.7. The molecule has 0 spiro atoms. The molecule has 5 heavy (non-hydrogen) atoms. The summed E-state index contributed by atoms with van der Waals surface area (Å²) in [7, 11) is 0. The molecule has 0 aliphatic carbocycles. The molecule has 0 N–H and O–H groups in total. The van der Waals surface area contributed by atoms with Gasteiger partial charge in [-0.15, -0.1) is 0 Å². The van der Waals surface area contributed by atoms with E-state index in [1.807, 2.05) is 0 Å². The molecule has 0 nitrogen and oxygen atoms in total. The largest absolute Gasteiger partial charge is 1.00 e. The van der Waals surface area contributed by atoms with E-state index in [0.29, 0.717) is 0 Å². The van der Waals surface area contributed by atoms with E-state index in [-0.39, 0.29) is 40.6 Å². The average Bonchev–Trinajstić information content (AvgIpc) is 0.811. The van der Waals surface area contributed by atoms with Gasteiger partial charge in [-0.25, -0.2) is 0 Å². The Labute approximate surface area is 85.4 Å². The number of halogens is 3. The first kappa shape index (κ1) is 11.3. The molecule has 0 bridgehead atoms. The molecule has 5 heteroatoms. The van der Waals surface area contributed by atoms with Crippen molar-refractivity contribution in [1.29, 1.82) is 0 Å². The fourth-order valence-electron chi connectivity index (χ4n) is 0. The maximum absolute atomic E-state index is 5.02. The molecule has 0 aromatic carbocycles. The van der Waals surface area contributed by atoms with E-state index in [1.54, 1.807) is 0 Å². The van der Waals surface area contributed by atoms with Gasteiger partial charge in [0.15, 0.2) is 0 Å². The van der Waals surface area contributed by atoms with Crippen molar-refractivity contribution in [2.24, 2.45) is 0 Å². The minimum atomic E-state index is -2.24. The summed E-state index contributed by atoms with van der Waals surface area (Å²) in [5.41, 5.74) is 15.1. The van der Waals surface area contributed by atoms with Gasteiger partial charge in [0.25, 0.3) is 0 Å². The van der Waals surface area contributed by atoms with E-state index >= 15 is 0 Å². The van der Waals surface area contributed by atoms with Gasteiger partial charge in [-0.2, -0.15) is 0 Å². The smallest absolute Gasteiger partial charge is 1.00 e. The Balaban J connectivity index is -0.0000000150. The Morgan fingerprint density at radius 3 is 1.20 bits per heavy atom. The van der Waals surface area contributed by atoms with E-state index < -0.39 is 30.7 Å². The zero-order valence-corrected chi connectivity index (χ0v) is 9.96. The van der Waals surface area contributed by atoms with Crippen molar-refractivity contribution in [3.8, 4) is 0 Å². The van der Waals surface area contributed by atoms with Crippen LogP contribution in [0.2, 0.25) is 0 Å². The summed E-state index contributed by atoms with van der Waals surface area (Å²) in [6.07, 6.45) is 0. The van der Waals surface area contributed by atoms with Crippen molar-refractivity contribution < 1.29 is 33.5 Å². The Kier molecular flexibility index (Phi) is 17.0. The summed E-state index contributed by atoms with van der Waals surface area (Å²) in [5.74, 6) is 0. The second kappa shape index (κ2) is 7.51.